The summed E-state index contributed by atoms with van der Waals surface area (Å²) in [7, 11) is 5.59. The topological polar surface area (TPSA) is 78.9 Å². The summed E-state index contributed by atoms with van der Waals surface area (Å²) in [6.45, 7) is 1.45. The van der Waals surface area contributed by atoms with Crippen LogP contribution in [0.1, 0.15) is 21.5 Å². The summed E-state index contributed by atoms with van der Waals surface area (Å²) >= 11 is 0. The molecular weight excluding hydrogens is 413 g/mol. The number of carbonyl (C=O) groups is 2. The fourth-order valence-corrected chi connectivity index (χ4v) is 2.02. The Hall–Kier alpha value is -3.51. The number of carbonyl (C=O) groups excluding carboxylic acids is 1. The van der Waals surface area contributed by atoms with E-state index in [1.54, 1.807) is 19.2 Å². The van der Waals surface area contributed by atoms with Crippen LogP contribution in [0.3, 0.4) is 0 Å². The molecule has 0 spiro atoms. The molecule has 0 heterocycles. The molecule has 0 aliphatic carbocycles. The van der Waals surface area contributed by atoms with E-state index in [-0.39, 0.29) is 5.91 Å². The number of nitrogens with one attached hydrogen (secondary N) is 1. The lowest BCUT2D eigenvalue weighted by Gasteiger charge is -2.10. The highest BCUT2D eigenvalue weighted by atomic mass is 19.4. The fourth-order valence-electron chi connectivity index (χ4n) is 2.02. The SMILES string of the molecule is COc1ccc(C#Cc2ccc(C(=O)NCCN(C)C)cc2)cc1.O=C(O)C(F)(F)F. The molecule has 31 heavy (non-hydrogen) atoms. The first kappa shape index (κ1) is 25.5. The average molecular weight is 436 g/mol. The molecule has 2 aromatic rings. The number of likely N-dealkylation sites (N-methyl/N-ethyl adjacent to an activating group) is 1. The fraction of sp³-hybridized carbons (Fsp3) is 0.273. The molecule has 6 nitrogen and oxygen atoms in total. The van der Waals surface area contributed by atoms with Gasteiger partial charge in [-0.1, -0.05) is 11.8 Å². The van der Waals surface area contributed by atoms with Crippen LogP contribution >= 0.6 is 0 Å². The van der Waals surface area contributed by atoms with Crippen LogP contribution < -0.4 is 10.1 Å². The Morgan fingerprint density at radius 2 is 1.45 bits per heavy atom. The highest BCUT2D eigenvalue weighted by molar-refractivity contribution is 5.94. The smallest absolute Gasteiger partial charge is 0.490 e. The van der Waals surface area contributed by atoms with Crippen molar-refractivity contribution < 1.29 is 32.6 Å². The summed E-state index contributed by atoms with van der Waals surface area (Å²) in [5.41, 5.74) is 2.43. The summed E-state index contributed by atoms with van der Waals surface area (Å²) in [6.07, 6.45) is -5.08. The quantitative estimate of drug-likeness (QED) is 0.705. The standard InChI is InChI=1S/C20H22N2O2.C2HF3O2/c1-22(2)15-14-21-20(23)18-10-6-16(7-11-18)4-5-17-8-12-19(24-3)13-9-17;3-2(4,5)1(6)7/h6-13H,14-15H2,1-3H3,(H,21,23);(H,6,7). The molecule has 2 rings (SSSR count). The summed E-state index contributed by atoms with van der Waals surface area (Å²) in [6, 6.07) is 14.9. The van der Waals surface area contributed by atoms with Gasteiger partial charge in [-0.25, -0.2) is 4.79 Å². The van der Waals surface area contributed by atoms with Crippen LogP contribution in [0.25, 0.3) is 0 Å². The molecule has 0 fully saturated rings. The summed E-state index contributed by atoms with van der Waals surface area (Å²) in [5.74, 6) is 4.18. The number of rotatable bonds is 5. The number of hydrogen-bond acceptors (Lipinski definition) is 4. The normalized spacial score (nSPS) is 10.3. The lowest BCUT2D eigenvalue weighted by molar-refractivity contribution is -0.192. The van der Waals surface area contributed by atoms with Crippen LogP contribution in [0.5, 0.6) is 5.75 Å². The van der Waals surface area contributed by atoms with Gasteiger partial charge in [-0.05, 0) is 62.6 Å². The molecule has 0 saturated heterocycles. The van der Waals surface area contributed by atoms with Crippen molar-refractivity contribution in [3.8, 4) is 17.6 Å². The molecule has 0 aliphatic rings. The van der Waals surface area contributed by atoms with E-state index in [1.165, 1.54) is 0 Å². The van der Waals surface area contributed by atoms with Gasteiger partial charge in [-0.2, -0.15) is 13.2 Å². The minimum absolute atomic E-state index is 0.0634. The highest BCUT2D eigenvalue weighted by Gasteiger charge is 2.38. The molecule has 0 atom stereocenters. The Kier molecular flexibility index (Phi) is 10.1. The van der Waals surface area contributed by atoms with E-state index in [1.807, 2.05) is 55.4 Å². The third-order valence-electron chi connectivity index (χ3n) is 3.68. The van der Waals surface area contributed by atoms with Crippen LogP contribution in [0.15, 0.2) is 48.5 Å². The zero-order chi connectivity index (χ0) is 23.4. The Morgan fingerprint density at radius 1 is 1.00 bits per heavy atom. The lowest BCUT2D eigenvalue weighted by atomic mass is 10.1. The van der Waals surface area contributed by atoms with Crippen molar-refractivity contribution in [2.45, 2.75) is 6.18 Å². The first-order chi connectivity index (χ1) is 14.5. The molecule has 0 bridgehead atoms. The molecule has 1 amide bonds. The predicted octanol–water partition coefficient (Wildman–Crippen LogP) is 3.02. The molecule has 0 unspecified atom stereocenters. The Labute approximate surface area is 178 Å². The molecule has 0 radical (unpaired) electrons. The Bertz CT molecular complexity index is 913. The van der Waals surface area contributed by atoms with Crippen LogP contribution in [0.4, 0.5) is 13.2 Å². The molecule has 2 N–H and O–H groups in total. The van der Waals surface area contributed by atoms with Crippen molar-refractivity contribution in [2.24, 2.45) is 0 Å². The maximum absolute atomic E-state index is 12.0. The predicted molar refractivity (Wildman–Crippen MR) is 110 cm³/mol. The number of aliphatic carboxylic acids is 1. The van der Waals surface area contributed by atoms with Crippen LogP contribution in [-0.2, 0) is 4.79 Å². The summed E-state index contributed by atoms with van der Waals surface area (Å²) in [4.78, 5) is 22.9. The molecule has 166 valence electrons. The van der Waals surface area contributed by atoms with Crippen molar-refractivity contribution in [1.82, 2.24) is 10.2 Å². The van der Waals surface area contributed by atoms with Crippen molar-refractivity contribution in [1.29, 1.82) is 0 Å². The van der Waals surface area contributed by atoms with Gasteiger partial charge in [0, 0.05) is 29.8 Å². The lowest BCUT2D eigenvalue weighted by Crippen LogP contribution is -2.31. The molecule has 9 heteroatoms. The number of amides is 1. The van der Waals surface area contributed by atoms with E-state index in [9.17, 15) is 18.0 Å². The molecule has 0 aromatic heterocycles. The molecular formula is C22H23F3N2O4. The third kappa shape index (κ3) is 10.2. The molecule has 0 saturated carbocycles. The number of hydrogen-bond donors (Lipinski definition) is 2. The van der Waals surface area contributed by atoms with E-state index in [2.05, 4.69) is 17.2 Å². The Balaban J connectivity index is 0.000000592. The highest BCUT2D eigenvalue weighted by Crippen LogP contribution is 2.13. The summed E-state index contributed by atoms with van der Waals surface area (Å²) in [5, 5.41) is 10.0. The largest absolute Gasteiger partial charge is 0.497 e. The van der Waals surface area contributed by atoms with Gasteiger partial charge in [0.15, 0.2) is 0 Å². The molecule has 2 aromatic carbocycles. The number of methoxy groups -OCH3 is 1. The number of halogens is 3. The first-order valence-electron chi connectivity index (χ1n) is 9.02. The van der Waals surface area contributed by atoms with Crippen molar-refractivity contribution >= 4 is 11.9 Å². The maximum atomic E-state index is 12.0. The number of ether oxygens (including phenoxy) is 1. The number of benzene rings is 2. The van der Waals surface area contributed by atoms with Gasteiger partial charge in [0.1, 0.15) is 5.75 Å². The average Bonchev–Trinajstić information content (AvgIpc) is 2.72. The van der Waals surface area contributed by atoms with Gasteiger partial charge in [0.25, 0.3) is 5.91 Å². The number of carboxylic acids is 1. The van der Waals surface area contributed by atoms with Crippen molar-refractivity contribution in [3.63, 3.8) is 0 Å². The summed E-state index contributed by atoms with van der Waals surface area (Å²) < 4.78 is 36.9. The van der Waals surface area contributed by atoms with Crippen molar-refractivity contribution in [2.75, 3.05) is 34.3 Å². The number of alkyl halides is 3. The minimum Gasteiger partial charge on any atom is -0.497 e. The second-order valence-corrected chi connectivity index (χ2v) is 6.42. The van der Waals surface area contributed by atoms with E-state index >= 15 is 0 Å². The monoisotopic (exact) mass is 436 g/mol. The maximum Gasteiger partial charge on any atom is 0.490 e. The van der Waals surface area contributed by atoms with Gasteiger partial charge >= 0.3 is 12.1 Å². The van der Waals surface area contributed by atoms with E-state index in [0.717, 1.165) is 23.4 Å². The van der Waals surface area contributed by atoms with Gasteiger partial charge in [0.2, 0.25) is 0 Å². The van der Waals surface area contributed by atoms with Gasteiger partial charge in [0.05, 0.1) is 7.11 Å². The zero-order valence-corrected chi connectivity index (χ0v) is 17.3. The van der Waals surface area contributed by atoms with E-state index in [4.69, 9.17) is 14.6 Å². The second kappa shape index (κ2) is 12.2. The van der Waals surface area contributed by atoms with Crippen LogP contribution in [-0.4, -0.2) is 62.4 Å². The molecule has 0 aliphatic heterocycles. The second-order valence-electron chi connectivity index (χ2n) is 6.42. The third-order valence-corrected chi connectivity index (χ3v) is 3.68. The van der Waals surface area contributed by atoms with Crippen LogP contribution in [0.2, 0.25) is 0 Å². The van der Waals surface area contributed by atoms with Gasteiger partial charge < -0.3 is 20.1 Å². The van der Waals surface area contributed by atoms with Crippen molar-refractivity contribution in [3.05, 3.63) is 65.2 Å². The Morgan fingerprint density at radius 3 is 1.84 bits per heavy atom. The van der Waals surface area contributed by atoms with Gasteiger partial charge in [-0.15, -0.1) is 0 Å². The minimum atomic E-state index is -5.08. The van der Waals surface area contributed by atoms with E-state index < -0.39 is 12.1 Å². The number of carboxylic acid groups (broad SMARTS) is 1. The first-order valence-corrected chi connectivity index (χ1v) is 9.02. The van der Waals surface area contributed by atoms with Crippen LogP contribution in [0, 0.1) is 11.8 Å². The van der Waals surface area contributed by atoms with Gasteiger partial charge in [-0.3, -0.25) is 4.79 Å². The number of nitrogens with zero attached hydrogens (tertiary/aromatic N) is 1. The van der Waals surface area contributed by atoms with E-state index in [0.29, 0.717) is 12.1 Å². The zero-order valence-electron chi connectivity index (χ0n) is 17.3.